The van der Waals surface area contributed by atoms with Crippen molar-refractivity contribution < 1.29 is 9.31 Å². The van der Waals surface area contributed by atoms with Crippen molar-refractivity contribution in [1.82, 2.24) is 9.97 Å². The second-order valence-electron chi connectivity index (χ2n) is 4.34. The van der Waals surface area contributed by atoms with Gasteiger partial charge in [0, 0.05) is 12.1 Å². The van der Waals surface area contributed by atoms with Crippen molar-refractivity contribution in [3.8, 4) is 0 Å². The minimum atomic E-state index is -1.53. The Hall–Kier alpha value is -2.31. The first-order valence-electron chi connectivity index (χ1n) is 5.37. The molecular formula is C11H8FN3O3. The van der Waals surface area contributed by atoms with E-state index >= 15 is 0 Å². The van der Waals surface area contributed by atoms with Crippen molar-refractivity contribution >= 4 is 16.6 Å². The molecule has 0 bridgehead atoms. The molecule has 0 unspecified atom stereocenters. The van der Waals surface area contributed by atoms with E-state index in [1.807, 2.05) is 0 Å². The van der Waals surface area contributed by atoms with E-state index in [9.17, 15) is 19.3 Å². The molecule has 1 N–H and O–H groups in total. The lowest BCUT2D eigenvalue weighted by Gasteiger charge is -2.05. The summed E-state index contributed by atoms with van der Waals surface area (Å²) in [6.45, 7) is 0. The van der Waals surface area contributed by atoms with Gasteiger partial charge in [-0.15, -0.1) is 0 Å². The highest BCUT2D eigenvalue weighted by Gasteiger charge is 2.47. The largest absolute Gasteiger partial charge is 0.307 e. The van der Waals surface area contributed by atoms with Crippen LogP contribution in [0.3, 0.4) is 0 Å². The molecule has 0 saturated heterocycles. The molecule has 18 heavy (non-hydrogen) atoms. The highest BCUT2D eigenvalue weighted by Crippen LogP contribution is 2.47. The molecule has 3 rings (SSSR count). The number of nitrogens with zero attached hydrogens (tertiary/aromatic N) is 2. The summed E-state index contributed by atoms with van der Waals surface area (Å²) in [6.07, 6.45) is 0.683. The fourth-order valence-electron chi connectivity index (χ4n) is 1.80. The second-order valence-corrected chi connectivity index (χ2v) is 4.34. The van der Waals surface area contributed by atoms with Crippen LogP contribution in [-0.4, -0.2) is 14.9 Å². The van der Waals surface area contributed by atoms with Crippen molar-refractivity contribution in [2.75, 3.05) is 0 Å². The number of aromatic amines is 1. The van der Waals surface area contributed by atoms with Crippen molar-refractivity contribution in [3.63, 3.8) is 0 Å². The van der Waals surface area contributed by atoms with Crippen molar-refractivity contribution in [3.05, 3.63) is 44.5 Å². The summed E-state index contributed by atoms with van der Waals surface area (Å²) in [7, 11) is 0. The fraction of sp³-hybridized carbons (Fsp3) is 0.273. The molecule has 1 heterocycles. The molecule has 1 aliphatic carbocycles. The number of rotatable bonds is 2. The predicted molar refractivity (Wildman–Crippen MR) is 61.0 cm³/mol. The lowest BCUT2D eigenvalue weighted by molar-refractivity contribution is -0.384. The van der Waals surface area contributed by atoms with Gasteiger partial charge in [-0.25, -0.2) is 9.37 Å². The van der Waals surface area contributed by atoms with Crippen molar-refractivity contribution in [2.45, 2.75) is 18.5 Å². The van der Waals surface area contributed by atoms with Crippen molar-refractivity contribution in [2.24, 2.45) is 0 Å². The molecule has 1 fully saturated rings. The van der Waals surface area contributed by atoms with Crippen LogP contribution in [0.1, 0.15) is 18.7 Å². The Kier molecular flexibility index (Phi) is 2.01. The lowest BCUT2D eigenvalue weighted by Crippen LogP contribution is -2.16. The number of hydrogen-bond donors (Lipinski definition) is 1. The van der Waals surface area contributed by atoms with E-state index in [0.717, 1.165) is 6.07 Å². The molecule has 1 saturated carbocycles. The van der Waals surface area contributed by atoms with Gasteiger partial charge in [-0.2, -0.15) is 0 Å². The predicted octanol–water partition coefficient (Wildman–Crippen LogP) is 1.79. The first kappa shape index (κ1) is 10.8. The maximum atomic E-state index is 13.8. The highest BCUT2D eigenvalue weighted by atomic mass is 19.1. The number of fused-ring (bicyclic) bond motifs is 1. The number of nitro groups is 1. The molecule has 0 radical (unpaired) electrons. The third-order valence-corrected chi connectivity index (χ3v) is 3.01. The van der Waals surface area contributed by atoms with E-state index in [2.05, 4.69) is 9.97 Å². The summed E-state index contributed by atoms with van der Waals surface area (Å²) in [6, 6.07) is 3.75. The molecule has 0 amide bonds. The van der Waals surface area contributed by atoms with E-state index < -0.39 is 16.2 Å². The molecule has 1 aromatic carbocycles. The van der Waals surface area contributed by atoms with E-state index in [0.29, 0.717) is 12.8 Å². The number of alkyl halides is 1. The van der Waals surface area contributed by atoms with E-state index in [4.69, 9.17) is 0 Å². The topological polar surface area (TPSA) is 88.9 Å². The number of nitro benzene ring substituents is 1. The first-order valence-corrected chi connectivity index (χ1v) is 5.37. The van der Waals surface area contributed by atoms with Gasteiger partial charge in [0.2, 0.25) is 0 Å². The maximum absolute atomic E-state index is 13.8. The molecule has 6 nitrogen and oxygen atoms in total. The van der Waals surface area contributed by atoms with E-state index in [-0.39, 0.29) is 22.4 Å². The van der Waals surface area contributed by atoms with Crippen LogP contribution in [0.4, 0.5) is 10.1 Å². The normalized spacial score (nSPS) is 16.7. The van der Waals surface area contributed by atoms with Crippen LogP contribution in [0.15, 0.2) is 23.0 Å². The van der Waals surface area contributed by atoms with Gasteiger partial charge in [-0.3, -0.25) is 14.9 Å². The van der Waals surface area contributed by atoms with Crippen LogP contribution >= 0.6 is 0 Å². The molecule has 2 aromatic rings. The molecule has 92 valence electrons. The summed E-state index contributed by atoms with van der Waals surface area (Å²) >= 11 is 0. The van der Waals surface area contributed by atoms with Gasteiger partial charge in [-0.05, 0) is 18.9 Å². The molecule has 0 atom stereocenters. The molecule has 0 aliphatic heterocycles. The minimum Gasteiger partial charge on any atom is -0.307 e. The van der Waals surface area contributed by atoms with Gasteiger partial charge in [0.25, 0.3) is 11.2 Å². The van der Waals surface area contributed by atoms with E-state index in [1.165, 1.54) is 12.1 Å². The zero-order valence-electron chi connectivity index (χ0n) is 9.14. The average molecular weight is 249 g/mol. The van der Waals surface area contributed by atoms with Gasteiger partial charge in [0.05, 0.1) is 15.8 Å². The average Bonchev–Trinajstić information content (AvgIpc) is 3.08. The fourth-order valence-corrected chi connectivity index (χ4v) is 1.80. The highest BCUT2D eigenvalue weighted by molar-refractivity contribution is 5.80. The minimum absolute atomic E-state index is 0.00820. The SMILES string of the molecule is O=c1[nH]c(C2(F)CC2)nc2ccc([N+](=O)[O-])cc12. The Morgan fingerprint density at radius 2 is 2.17 bits per heavy atom. The van der Waals surface area contributed by atoms with Gasteiger partial charge in [0.15, 0.2) is 5.67 Å². The number of hydrogen-bond acceptors (Lipinski definition) is 4. The number of aromatic nitrogens is 2. The van der Waals surface area contributed by atoms with Gasteiger partial charge >= 0.3 is 0 Å². The maximum Gasteiger partial charge on any atom is 0.270 e. The Morgan fingerprint density at radius 3 is 2.78 bits per heavy atom. The molecule has 1 aliphatic rings. The van der Waals surface area contributed by atoms with Crippen LogP contribution in [0, 0.1) is 10.1 Å². The number of halogens is 1. The zero-order valence-corrected chi connectivity index (χ0v) is 9.14. The monoisotopic (exact) mass is 249 g/mol. The Bertz CT molecular complexity index is 721. The second kappa shape index (κ2) is 3.34. The van der Waals surface area contributed by atoms with Gasteiger partial charge in [-0.1, -0.05) is 0 Å². The Morgan fingerprint density at radius 1 is 1.44 bits per heavy atom. The first-order chi connectivity index (χ1) is 8.49. The smallest absolute Gasteiger partial charge is 0.270 e. The van der Waals surface area contributed by atoms with Crippen LogP contribution < -0.4 is 5.56 Å². The van der Waals surface area contributed by atoms with Gasteiger partial charge in [0.1, 0.15) is 5.82 Å². The number of non-ortho nitro benzene ring substituents is 1. The lowest BCUT2D eigenvalue weighted by atomic mass is 10.2. The quantitative estimate of drug-likeness (QED) is 0.649. The molecule has 1 aromatic heterocycles. The summed E-state index contributed by atoms with van der Waals surface area (Å²) in [5, 5.41) is 10.7. The summed E-state index contributed by atoms with van der Waals surface area (Å²) < 4.78 is 13.8. The van der Waals surface area contributed by atoms with Crippen molar-refractivity contribution in [1.29, 1.82) is 0 Å². The number of nitrogens with one attached hydrogen (secondary N) is 1. The third kappa shape index (κ3) is 1.55. The van der Waals surface area contributed by atoms with Crippen LogP contribution in [0.25, 0.3) is 10.9 Å². The van der Waals surface area contributed by atoms with Crippen LogP contribution in [0.2, 0.25) is 0 Å². The Balaban J connectivity index is 2.24. The summed E-state index contributed by atoms with van der Waals surface area (Å²) in [5.74, 6) is 0.00820. The third-order valence-electron chi connectivity index (χ3n) is 3.01. The van der Waals surface area contributed by atoms with Gasteiger partial charge < -0.3 is 4.98 Å². The summed E-state index contributed by atoms with van der Waals surface area (Å²) in [5.41, 5.74) is -2.01. The van der Waals surface area contributed by atoms with E-state index in [1.54, 1.807) is 0 Å². The van der Waals surface area contributed by atoms with Crippen LogP contribution in [0.5, 0.6) is 0 Å². The molecular weight excluding hydrogens is 241 g/mol. The molecule has 7 heteroatoms. The van der Waals surface area contributed by atoms with Crippen LogP contribution in [-0.2, 0) is 5.67 Å². The number of H-pyrrole nitrogens is 1. The Labute approximate surface area is 99.6 Å². The molecule has 0 spiro atoms. The summed E-state index contributed by atoms with van der Waals surface area (Å²) in [4.78, 5) is 28.1. The number of benzene rings is 1. The standard InChI is InChI=1S/C11H8FN3O3/c12-11(3-4-11)10-13-8-2-1-6(15(17)18)5-7(8)9(16)14-10/h1-2,5H,3-4H2,(H,13,14,16). The zero-order chi connectivity index (χ0) is 12.9.